The second kappa shape index (κ2) is 3.15. The van der Waals surface area contributed by atoms with Gasteiger partial charge < -0.3 is 9.90 Å². The van der Waals surface area contributed by atoms with Gasteiger partial charge in [-0.05, 0) is 31.6 Å². The monoisotopic (exact) mass is 142 g/mol. The Balaban J connectivity index is 2.08. The molecule has 10 heavy (non-hydrogen) atoms. The number of aliphatic hydroxyl groups is 1. The van der Waals surface area contributed by atoms with Crippen LogP contribution in [-0.2, 0) is 4.79 Å². The van der Waals surface area contributed by atoms with Crippen LogP contribution in [0.25, 0.3) is 0 Å². The first-order valence-corrected chi connectivity index (χ1v) is 3.82. The molecule has 1 aliphatic rings. The maximum absolute atomic E-state index is 10.6. The third kappa shape index (κ3) is 1.81. The van der Waals surface area contributed by atoms with E-state index in [0.29, 0.717) is 18.4 Å². The minimum atomic E-state index is 0.279. The maximum Gasteiger partial charge on any atom is 0.130 e. The first-order valence-electron chi connectivity index (χ1n) is 3.82. The Kier molecular flexibility index (Phi) is 2.44. The number of carbonyl (C=O) groups is 1. The molecule has 0 amide bonds. The van der Waals surface area contributed by atoms with Crippen LogP contribution < -0.4 is 0 Å². The Morgan fingerprint density at radius 1 is 1.50 bits per heavy atom. The summed E-state index contributed by atoms with van der Waals surface area (Å²) in [6, 6.07) is 0. The smallest absolute Gasteiger partial charge is 0.130 e. The summed E-state index contributed by atoms with van der Waals surface area (Å²) in [5.41, 5.74) is 0. The second-order valence-corrected chi connectivity index (χ2v) is 3.29. The average Bonchev–Trinajstić information content (AvgIpc) is 1.76. The lowest BCUT2D eigenvalue weighted by atomic mass is 9.73. The Hall–Kier alpha value is -0.370. The highest BCUT2D eigenvalue weighted by Gasteiger charge is 2.28. The Bertz CT molecular complexity index is 125. The summed E-state index contributed by atoms with van der Waals surface area (Å²) in [5, 5.41) is 8.65. The molecular formula is C8H14O2. The van der Waals surface area contributed by atoms with Gasteiger partial charge >= 0.3 is 0 Å². The summed E-state index contributed by atoms with van der Waals surface area (Å²) in [6.07, 6.45) is 2.82. The van der Waals surface area contributed by atoms with Gasteiger partial charge in [-0.15, -0.1) is 0 Å². The van der Waals surface area contributed by atoms with Crippen LogP contribution in [0.4, 0.5) is 0 Å². The lowest BCUT2D eigenvalue weighted by molar-refractivity contribution is -0.119. The summed E-state index contributed by atoms with van der Waals surface area (Å²) >= 11 is 0. The molecule has 0 aromatic heterocycles. The van der Waals surface area contributed by atoms with Crippen molar-refractivity contribution in [2.24, 2.45) is 11.8 Å². The molecule has 2 heteroatoms. The van der Waals surface area contributed by atoms with E-state index in [0.717, 1.165) is 19.3 Å². The van der Waals surface area contributed by atoms with Crippen LogP contribution in [0.2, 0.25) is 0 Å². The van der Waals surface area contributed by atoms with E-state index in [2.05, 4.69) is 0 Å². The van der Waals surface area contributed by atoms with Crippen LogP contribution in [0.5, 0.6) is 0 Å². The van der Waals surface area contributed by atoms with Crippen LogP contribution in [0.1, 0.15) is 26.2 Å². The van der Waals surface area contributed by atoms with Crippen molar-refractivity contribution >= 4 is 5.78 Å². The largest absolute Gasteiger partial charge is 0.396 e. The third-order valence-corrected chi connectivity index (χ3v) is 2.17. The lowest BCUT2D eigenvalue weighted by Crippen LogP contribution is -2.27. The van der Waals surface area contributed by atoms with Crippen molar-refractivity contribution in [1.82, 2.24) is 0 Å². The van der Waals surface area contributed by atoms with Gasteiger partial charge in [0.2, 0.25) is 0 Å². The van der Waals surface area contributed by atoms with E-state index in [1.807, 2.05) is 0 Å². The second-order valence-electron chi connectivity index (χ2n) is 3.29. The highest BCUT2D eigenvalue weighted by molar-refractivity contribution is 5.75. The fourth-order valence-electron chi connectivity index (χ4n) is 1.60. The zero-order valence-corrected chi connectivity index (χ0v) is 6.34. The summed E-state index contributed by atoms with van der Waals surface area (Å²) in [7, 11) is 0. The molecule has 0 unspecified atom stereocenters. The molecule has 58 valence electrons. The van der Waals surface area contributed by atoms with Crippen molar-refractivity contribution < 1.29 is 9.90 Å². The lowest BCUT2D eigenvalue weighted by Gasteiger charge is -2.33. The summed E-state index contributed by atoms with van der Waals surface area (Å²) in [5.74, 6) is 1.35. The number of carbonyl (C=O) groups excluding carboxylic acids is 1. The molecule has 0 radical (unpaired) electrons. The van der Waals surface area contributed by atoms with Crippen LogP contribution in [0, 0.1) is 11.8 Å². The van der Waals surface area contributed by atoms with E-state index in [9.17, 15) is 4.79 Å². The van der Waals surface area contributed by atoms with Gasteiger partial charge in [0.25, 0.3) is 0 Å². The normalized spacial score (nSPS) is 31.4. The van der Waals surface area contributed by atoms with Crippen molar-refractivity contribution in [1.29, 1.82) is 0 Å². The van der Waals surface area contributed by atoms with Crippen LogP contribution in [0.15, 0.2) is 0 Å². The number of rotatable bonds is 3. The molecule has 0 heterocycles. The number of Topliss-reactive ketones (excluding diaryl/α,β-unsaturated/α-hetero) is 1. The summed E-state index contributed by atoms with van der Waals surface area (Å²) in [4.78, 5) is 10.6. The van der Waals surface area contributed by atoms with Crippen molar-refractivity contribution in [3.8, 4) is 0 Å². The van der Waals surface area contributed by atoms with Gasteiger partial charge in [-0.1, -0.05) is 0 Å². The van der Waals surface area contributed by atoms with Crippen molar-refractivity contribution in [3.63, 3.8) is 0 Å². The van der Waals surface area contributed by atoms with Crippen molar-refractivity contribution in [2.45, 2.75) is 26.2 Å². The van der Waals surface area contributed by atoms with Gasteiger partial charge in [-0.2, -0.15) is 0 Å². The van der Waals surface area contributed by atoms with Gasteiger partial charge in [0.05, 0.1) is 0 Å². The van der Waals surface area contributed by atoms with E-state index in [1.54, 1.807) is 6.92 Å². The number of hydrogen-bond acceptors (Lipinski definition) is 2. The fraction of sp³-hybridized carbons (Fsp3) is 0.875. The highest BCUT2D eigenvalue weighted by Crippen LogP contribution is 2.35. The standard InChI is InChI=1S/C8H14O2/c1-6(10)2-7-3-8(4-7)5-9/h7-9H,2-5H2,1H3. The topological polar surface area (TPSA) is 37.3 Å². The maximum atomic E-state index is 10.6. The van der Waals surface area contributed by atoms with Gasteiger partial charge in [0.15, 0.2) is 0 Å². The quantitative estimate of drug-likeness (QED) is 0.638. The summed E-state index contributed by atoms with van der Waals surface area (Å²) < 4.78 is 0. The Labute approximate surface area is 61.2 Å². The molecule has 1 fully saturated rings. The SMILES string of the molecule is CC(=O)CC1CC(CO)C1. The molecule has 0 spiro atoms. The van der Waals surface area contributed by atoms with Crippen LogP contribution in [-0.4, -0.2) is 17.5 Å². The zero-order chi connectivity index (χ0) is 7.56. The fourth-order valence-corrected chi connectivity index (χ4v) is 1.60. The third-order valence-electron chi connectivity index (χ3n) is 2.17. The van der Waals surface area contributed by atoms with Crippen molar-refractivity contribution in [2.75, 3.05) is 6.61 Å². The molecule has 0 aliphatic heterocycles. The minimum absolute atomic E-state index is 0.279. The van der Waals surface area contributed by atoms with Gasteiger partial charge in [0, 0.05) is 13.0 Å². The molecular weight excluding hydrogens is 128 g/mol. The summed E-state index contributed by atoms with van der Waals surface area (Å²) in [6.45, 7) is 1.93. The van der Waals surface area contributed by atoms with Gasteiger partial charge in [-0.25, -0.2) is 0 Å². The molecule has 1 N–H and O–H groups in total. The van der Waals surface area contributed by atoms with Crippen LogP contribution >= 0.6 is 0 Å². The molecule has 1 rings (SSSR count). The molecule has 0 atom stereocenters. The molecule has 0 bridgehead atoms. The number of hydrogen-bond donors (Lipinski definition) is 1. The van der Waals surface area contributed by atoms with Crippen LogP contribution in [0.3, 0.4) is 0 Å². The average molecular weight is 142 g/mol. The zero-order valence-electron chi connectivity index (χ0n) is 6.34. The minimum Gasteiger partial charge on any atom is -0.396 e. The van der Waals surface area contributed by atoms with E-state index in [1.165, 1.54) is 0 Å². The van der Waals surface area contributed by atoms with E-state index < -0.39 is 0 Å². The molecule has 0 aromatic carbocycles. The van der Waals surface area contributed by atoms with E-state index >= 15 is 0 Å². The molecule has 0 saturated heterocycles. The number of aliphatic hydroxyl groups excluding tert-OH is 1. The predicted molar refractivity (Wildman–Crippen MR) is 38.6 cm³/mol. The van der Waals surface area contributed by atoms with E-state index in [4.69, 9.17) is 5.11 Å². The number of ketones is 1. The predicted octanol–water partition coefficient (Wildman–Crippen LogP) is 0.984. The Morgan fingerprint density at radius 2 is 2.10 bits per heavy atom. The van der Waals surface area contributed by atoms with Crippen molar-refractivity contribution in [3.05, 3.63) is 0 Å². The van der Waals surface area contributed by atoms with Gasteiger partial charge in [-0.3, -0.25) is 0 Å². The molecule has 2 nitrogen and oxygen atoms in total. The molecule has 1 aliphatic carbocycles. The van der Waals surface area contributed by atoms with E-state index in [-0.39, 0.29) is 5.78 Å². The Morgan fingerprint density at radius 3 is 2.50 bits per heavy atom. The highest BCUT2D eigenvalue weighted by atomic mass is 16.3. The first-order chi connectivity index (χ1) is 4.72. The van der Waals surface area contributed by atoms with Gasteiger partial charge in [0.1, 0.15) is 5.78 Å². The first kappa shape index (κ1) is 7.73. The molecule has 1 saturated carbocycles. The molecule has 0 aromatic rings.